The number of hydrogen-bond donors (Lipinski definition) is 1. The van der Waals surface area contributed by atoms with E-state index in [1.807, 2.05) is 0 Å². The van der Waals surface area contributed by atoms with Gasteiger partial charge in [-0.05, 0) is 23.7 Å². The van der Waals surface area contributed by atoms with Crippen LogP contribution < -0.4 is 5.32 Å². The minimum Gasteiger partial charge on any atom is -0.314 e. The zero-order valence-electron chi connectivity index (χ0n) is 10.6. The molecule has 0 spiro atoms. The monoisotopic (exact) mass is 210 g/mol. The number of hydrogen-bond acceptors (Lipinski definition) is 2. The van der Waals surface area contributed by atoms with Gasteiger partial charge in [0.25, 0.3) is 0 Å². The molecule has 2 nitrogen and oxygen atoms in total. The van der Waals surface area contributed by atoms with Crippen LogP contribution in [0.1, 0.15) is 40.0 Å². The van der Waals surface area contributed by atoms with Crippen LogP contribution in [0.3, 0.4) is 0 Å². The summed E-state index contributed by atoms with van der Waals surface area (Å²) >= 11 is 0. The second-order valence-electron chi connectivity index (χ2n) is 6.41. The second kappa shape index (κ2) is 4.06. The van der Waals surface area contributed by atoms with E-state index in [1.165, 1.54) is 52.0 Å². The summed E-state index contributed by atoms with van der Waals surface area (Å²) < 4.78 is 0. The Kier molecular flexibility index (Phi) is 3.09. The van der Waals surface area contributed by atoms with E-state index in [0.29, 0.717) is 10.8 Å². The fourth-order valence-electron chi connectivity index (χ4n) is 3.05. The van der Waals surface area contributed by atoms with E-state index < -0.39 is 0 Å². The molecule has 88 valence electrons. The van der Waals surface area contributed by atoms with Crippen LogP contribution in [0.4, 0.5) is 0 Å². The minimum atomic E-state index is 0.482. The van der Waals surface area contributed by atoms with E-state index in [2.05, 4.69) is 31.0 Å². The van der Waals surface area contributed by atoms with Crippen LogP contribution in [-0.4, -0.2) is 37.6 Å². The summed E-state index contributed by atoms with van der Waals surface area (Å²) in [6, 6.07) is 0. The number of nitrogens with one attached hydrogen (secondary N) is 1. The largest absolute Gasteiger partial charge is 0.314 e. The van der Waals surface area contributed by atoms with Crippen molar-refractivity contribution in [3.05, 3.63) is 0 Å². The highest BCUT2D eigenvalue weighted by Crippen LogP contribution is 2.54. The maximum atomic E-state index is 3.43. The molecule has 1 heterocycles. The summed E-state index contributed by atoms with van der Waals surface area (Å²) in [6.45, 7) is 13.5. The average Bonchev–Trinajstić information content (AvgIpc) is 2.11. The van der Waals surface area contributed by atoms with Crippen molar-refractivity contribution in [1.82, 2.24) is 10.2 Å². The lowest BCUT2D eigenvalue weighted by atomic mass is 9.55. The fraction of sp³-hybridized carbons (Fsp3) is 1.00. The van der Waals surface area contributed by atoms with Gasteiger partial charge in [-0.25, -0.2) is 0 Å². The molecule has 2 aliphatic rings. The maximum Gasteiger partial charge on any atom is 0.0108 e. The van der Waals surface area contributed by atoms with E-state index in [-0.39, 0.29) is 0 Å². The number of piperazine rings is 1. The van der Waals surface area contributed by atoms with Crippen LogP contribution in [0.15, 0.2) is 0 Å². The highest BCUT2D eigenvalue weighted by molar-refractivity contribution is 4.98. The molecule has 2 fully saturated rings. The van der Waals surface area contributed by atoms with E-state index in [1.54, 1.807) is 0 Å². The van der Waals surface area contributed by atoms with Crippen molar-refractivity contribution in [2.24, 2.45) is 10.8 Å². The molecule has 0 radical (unpaired) electrons. The Morgan fingerprint density at radius 1 is 1.13 bits per heavy atom. The molecule has 0 aromatic heterocycles. The summed E-state index contributed by atoms with van der Waals surface area (Å²) in [5.41, 5.74) is 1.10. The molecular formula is C13H26N2. The first-order valence-corrected chi connectivity index (χ1v) is 6.47. The Hall–Kier alpha value is -0.0800. The number of rotatable bonds is 2. The molecule has 0 bridgehead atoms. The first kappa shape index (κ1) is 11.4. The van der Waals surface area contributed by atoms with Crippen LogP contribution in [-0.2, 0) is 0 Å². The summed E-state index contributed by atoms with van der Waals surface area (Å²) in [7, 11) is 0. The lowest BCUT2D eigenvalue weighted by Gasteiger charge is -2.54. The molecule has 1 saturated heterocycles. The third-order valence-corrected chi connectivity index (χ3v) is 4.64. The van der Waals surface area contributed by atoms with Gasteiger partial charge in [0, 0.05) is 32.7 Å². The van der Waals surface area contributed by atoms with Gasteiger partial charge in [-0.15, -0.1) is 0 Å². The average molecular weight is 210 g/mol. The Labute approximate surface area is 94.4 Å². The summed E-state index contributed by atoms with van der Waals surface area (Å²) in [5.74, 6) is 0. The Balaban J connectivity index is 1.95. The van der Waals surface area contributed by atoms with Crippen molar-refractivity contribution in [3.63, 3.8) is 0 Å². The number of nitrogens with zero attached hydrogens (tertiary/aromatic N) is 1. The minimum absolute atomic E-state index is 0.482. The highest BCUT2D eigenvalue weighted by Gasteiger charge is 2.47. The van der Waals surface area contributed by atoms with E-state index in [4.69, 9.17) is 0 Å². The van der Waals surface area contributed by atoms with Crippen LogP contribution in [0, 0.1) is 10.8 Å². The summed E-state index contributed by atoms with van der Waals surface area (Å²) in [6.07, 6.45) is 4.34. The predicted molar refractivity (Wildman–Crippen MR) is 65.0 cm³/mol. The molecule has 15 heavy (non-hydrogen) atoms. The standard InChI is InChI=1S/C13H26N2/c1-12(2,3)13(5-4-6-13)11-15-9-7-14-8-10-15/h14H,4-11H2,1-3H3. The molecular weight excluding hydrogens is 184 g/mol. The van der Waals surface area contributed by atoms with E-state index in [9.17, 15) is 0 Å². The molecule has 1 aliphatic heterocycles. The van der Waals surface area contributed by atoms with Crippen molar-refractivity contribution in [2.75, 3.05) is 32.7 Å². The summed E-state index contributed by atoms with van der Waals surface area (Å²) in [4.78, 5) is 2.67. The molecule has 0 atom stereocenters. The smallest absolute Gasteiger partial charge is 0.0108 e. The van der Waals surface area contributed by atoms with Crippen molar-refractivity contribution in [2.45, 2.75) is 40.0 Å². The van der Waals surface area contributed by atoms with Crippen molar-refractivity contribution in [1.29, 1.82) is 0 Å². The molecule has 1 aliphatic carbocycles. The zero-order chi connectivity index (χ0) is 10.9. The van der Waals surface area contributed by atoms with Gasteiger partial charge in [0.2, 0.25) is 0 Å². The molecule has 1 saturated carbocycles. The Bertz CT molecular complexity index is 207. The van der Waals surface area contributed by atoms with Gasteiger partial charge in [0.15, 0.2) is 0 Å². The Morgan fingerprint density at radius 2 is 1.73 bits per heavy atom. The lowest BCUT2D eigenvalue weighted by Crippen LogP contribution is -2.54. The van der Waals surface area contributed by atoms with Gasteiger partial charge in [0.05, 0.1) is 0 Å². The van der Waals surface area contributed by atoms with Crippen molar-refractivity contribution >= 4 is 0 Å². The molecule has 0 amide bonds. The zero-order valence-corrected chi connectivity index (χ0v) is 10.6. The second-order valence-corrected chi connectivity index (χ2v) is 6.41. The quantitative estimate of drug-likeness (QED) is 0.751. The Morgan fingerprint density at radius 3 is 2.13 bits per heavy atom. The third-order valence-electron chi connectivity index (χ3n) is 4.64. The van der Waals surface area contributed by atoms with Crippen molar-refractivity contribution < 1.29 is 0 Å². The first-order valence-electron chi connectivity index (χ1n) is 6.47. The molecule has 2 heteroatoms. The van der Waals surface area contributed by atoms with Crippen molar-refractivity contribution in [3.8, 4) is 0 Å². The highest BCUT2D eigenvalue weighted by atomic mass is 15.2. The SMILES string of the molecule is CC(C)(C)C1(CN2CCNCC2)CCC1. The molecule has 0 aromatic rings. The van der Waals surface area contributed by atoms with Crippen LogP contribution in [0.25, 0.3) is 0 Å². The third kappa shape index (κ3) is 2.21. The van der Waals surface area contributed by atoms with Crippen LogP contribution >= 0.6 is 0 Å². The molecule has 2 rings (SSSR count). The van der Waals surface area contributed by atoms with Gasteiger partial charge in [-0.1, -0.05) is 27.2 Å². The van der Waals surface area contributed by atoms with Gasteiger partial charge in [-0.2, -0.15) is 0 Å². The summed E-state index contributed by atoms with van der Waals surface area (Å²) in [5, 5.41) is 3.43. The van der Waals surface area contributed by atoms with E-state index >= 15 is 0 Å². The van der Waals surface area contributed by atoms with Gasteiger partial charge in [-0.3, -0.25) is 0 Å². The topological polar surface area (TPSA) is 15.3 Å². The van der Waals surface area contributed by atoms with E-state index in [0.717, 1.165) is 0 Å². The van der Waals surface area contributed by atoms with Crippen LogP contribution in [0.5, 0.6) is 0 Å². The fourth-order valence-corrected chi connectivity index (χ4v) is 3.05. The van der Waals surface area contributed by atoms with Gasteiger partial charge >= 0.3 is 0 Å². The molecule has 0 unspecified atom stereocenters. The molecule has 1 N–H and O–H groups in total. The van der Waals surface area contributed by atoms with Gasteiger partial charge in [0.1, 0.15) is 0 Å². The lowest BCUT2D eigenvalue weighted by molar-refractivity contribution is -0.0379. The normalized spacial score (nSPS) is 27.4. The maximum absolute atomic E-state index is 3.43. The van der Waals surface area contributed by atoms with Crippen LogP contribution in [0.2, 0.25) is 0 Å². The molecule has 0 aromatic carbocycles. The van der Waals surface area contributed by atoms with Gasteiger partial charge < -0.3 is 10.2 Å². The predicted octanol–water partition coefficient (Wildman–Crippen LogP) is 2.11. The first-order chi connectivity index (χ1) is 7.04.